The van der Waals surface area contributed by atoms with Crippen LogP contribution in [0.25, 0.3) is 0 Å². The number of rotatable bonds is 4. The van der Waals surface area contributed by atoms with Crippen LogP contribution in [0.5, 0.6) is 0 Å². The third kappa shape index (κ3) is 2.51. The van der Waals surface area contributed by atoms with Gasteiger partial charge in [-0.3, -0.25) is 0 Å². The molecule has 0 amide bonds. The summed E-state index contributed by atoms with van der Waals surface area (Å²) in [6.07, 6.45) is 0. The molecule has 3 rings (SSSR count). The smallest absolute Gasteiger partial charge is 0.183 e. The molecule has 0 bridgehead atoms. The number of halogens is 1. The van der Waals surface area contributed by atoms with Gasteiger partial charge in [-0.25, -0.2) is 8.42 Å². The Labute approximate surface area is 146 Å². The highest BCUT2D eigenvalue weighted by molar-refractivity contribution is 7.92. The van der Waals surface area contributed by atoms with E-state index in [4.69, 9.17) is 11.6 Å². The van der Waals surface area contributed by atoms with Crippen molar-refractivity contribution in [2.24, 2.45) is 5.41 Å². The molecule has 3 unspecified atom stereocenters. The number of nitrogens with zero attached hydrogens (tertiary/aromatic N) is 1. The first-order valence-electron chi connectivity index (χ1n) is 7.45. The Bertz CT molecular complexity index is 918. The molecule has 0 aromatic heterocycles. The second-order valence-corrected chi connectivity index (χ2v) is 8.63. The van der Waals surface area contributed by atoms with E-state index in [1.165, 1.54) is 12.1 Å². The molecule has 3 atom stereocenters. The summed E-state index contributed by atoms with van der Waals surface area (Å²) in [4.78, 5) is 0.163. The highest BCUT2D eigenvalue weighted by Gasteiger charge is 2.72. The highest BCUT2D eigenvalue weighted by atomic mass is 35.5. The van der Waals surface area contributed by atoms with Gasteiger partial charge in [-0.2, -0.15) is 5.26 Å². The van der Waals surface area contributed by atoms with E-state index in [-0.39, 0.29) is 4.90 Å². The number of aliphatic hydroxyl groups is 1. The fourth-order valence-corrected chi connectivity index (χ4v) is 5.78. The summed E-state index contributed by atoms with van der Waals surface area (Å²) < 4.78 is 26.0. The molecule has 0 heterocycles. The maximum atomic E-state index is 13.0. The molecule has 0 aliphatic heterocycles. The molecule has 1 N–H and O–H groups in total. The van der Waals surface area contributed by atoms with Crippen LogP contribution in [-0.2, 0) is 9.84 Å². The van der Waals surface area contributed by atoms with Crippen molar-refractivity contribution in [1.82, 2.24) is 0 Å². The van der Waals surface area contributed by atoms with E-state index in [2.05, 4.69) is 0 Å². The summed E-state index contributed by atoms with van der Waals surface area (Å²) in [6.45, 7) is 1.35. The Morgan fingerprint density at radius 2 is 1.92 bits per heavy atom. The number of hydrogen-bond donors (Lipinski definition) is 1. The summed E-state index contributed by atoms with van der Waals surface area (Å²) in [7, 11) is -3.75. The fourth-order valence-electron chi connectivity index (χ4n) is 3.26. The van der Waals surface area contributed by atoms with Gasteiger partial charge in [-0.05, 0) is 36.8 Å². The average molecular weight is 362 g/mol. The summed E-state index contributed by atoms with van der Waals surface area (Å²) in [6, 6.07) is 15.3. The van der Waals surface area contributed by atoms with Gasteiger partial charge >= 0.3 is 0 Å². The molecule has 1 aliphatic rings. The number of hydrogen-bond acceptors (Lipinski definition) is 4. The van der Waals surface area contributed by atoms with Crippen molar-refractivity contribution >= 4 is 21.4 Å². The van der Waals surface area contributed by atoms with Crippen LogP contribution in [-0.4, -0.2) is 25.4 Å². The first-order chi connectivity index (χ1) is 11.4. The average Bonchev–Trinajstić information content (AvgIpc) is 3.26. The van der Waals surface area contributed by atoms with Crippen LogP contribution in [0.2, 0.25) is 5.02 Å². The lowest BCUT2D eigenvalue weighted by Gasteiger charge is -2.06. The number of aliphatic hydroxyl groups excluding tert-OH is 1. The molecule has 4 nitrogen and oxygen atoms in total. The van der Waals surface area contributed by atoms with Crippen LogP contribution in [0.15, 0.2) is 53.4 Å². The van der Waals surface area contributed by atoms with Gasteiger partial charge in [0.05, 0.1) is 22.8 Å². The summed E-state index contributed by atoms with van der Waals surface area (Å²) in [5.74, 6) is -0.600. The molecule has 24 heavy (non-hydrogen) atoms. The molecule has 124 valence electrons. The third-order valence-corrected chi connectivity index (χ3v) is 7.14. The lowest BCUT2D eigenvalue weighted by atomic mass is 10.0. The molecule has 0 spiro atoms. The quantitative estimate of drug-likeness (QED) is 0.907. The van der Waals surface area contributed by atoms with E-state index >= 15 is 0 Å². The van der Waals surface area contributed by atoms with Gasteiger partial charge in [0.15, 0.2) is 9.84 Å². The third-order valence-electron chi connectivity index (χ3n) is 4.62. The lowest BCUT2D eigenvalue weighted by Crippen LogP contribution is -2.18. The monoisotopic (exact) mass is 361 g/mol. The SMILES string of the molecule is Cc1ccc(S(=O)(=O)C2C(c3cccc(Cl)c3)C2(C#N)CO)cc1. The number of nitriles is 1. The van der Waals surface area contributed by atoms with Crippen LogP contribution >= 0.6 is 11.6 Å². The fraction of sp³-hybridized carbons (Fsp3) is 0.278. The minimum atomic E-state index is -3.75. The predicted molar refractivity (Wildman–Crippen MR) is 91.5 cm³/mol. The largest absolute Gasteiger partial charge is 0.395 e. The zero-order valence-electron chi connectivity index (χ0n) is 13.0. The van der Waals surface area contributed by atoms with E-state index in [1.54, 1.807) is 36.4 Å². The summed E-state index contributed by atoms with van der Waals surface area (Å²) in [5.41, 5.74) is 0.262. The van der Waals surface area contributed by atoms with Crippen LogP contribution < -0.4 is 0 Å². The van der Waals surface area contributed by atoms with Crippen molar-refractivity contribution < 1.29 is 13.5 Å². The highest BCUT2D eigenvalue weighted by Crippen LogP contribution is 2.63. The van der Waals surface area contributed by atoms with E-state index < -0.39 is 33.0 Å². The first kappa shape index (κ1) is 17.0. The maximum absolute atomic E-state index is 13.0. The Hall–Kier alpha value is -1.87. The Morgan fingerprint density at radius 1 is 1.25 bits per heavy atom. The maximum Gasteiger partial charge on any atom is 0.183 e. The van der Waals surface area contributed by atoms with Crippen molar-refractivity contribution in [3.63, 3.8) is 0 Å². The Morgan fingerprint density at radius 3 is 2.46 bits per heavy atom. The predicted octanol–water partition coefficient (Wildman–Crippen LogP) is 3.09. The van der Waals surface area contributed by atoms with E-state index in [1.807, 2.05) is 13.0 Å². The standard InChI is InChI=1S/C18H16ClNO3S/c1-12-5-7-15(8-6-12)24(22,23)17-16(18(17,10-20)11-21)13-3-2-4-14(19)9-13/h2-9,16-17,21H,11H2,1H3. The van der Waals surface area contributed by atoms with Gasteiger partial charge in [0.2, 0.25) is 0 Å². The molecule has 0 saturated heterocycles. The molecule has 0 radical (unpaired) electrons. The van der Waals surface area contributed by atoms with Crippen LogP contribution in [0, 0.1) is 23.7 Å². The number of benzene rings is 2. The van der Waals surface area contributed by atoms with Crippen molar-refractivity contribution in [3.8, 4) is 6.07 Å². The van der Waals surface area contributed by atoms with Gasteiger partial charge in [0.25, 0.3) is 0 Å². The van der Waals surface area contributed by atoms with Crippen molar-refractivity contribution in [2.45, 2.75) is 23.0 Å². The molecule has 6 heteroatoms. The van der Waals surface area contributed by atoms with Gasteiger partial charge in [0, 0.05) is 10.9 Å². The first-order valence-corrected chi connectivity index (χ1v) is 9.37. The summed E-state index contributed by atoms with van der Waals surface area (Å²) in [5, 5.41) is 18.8. The van der Waals surface area contributed by atoms with Crippen LogP contribution in [0.1, 0.15) is 17.0 Å². The van der Waals surface area contributed by atoms with Gasteiger partial charge in [0.1, 0.15) is 5.41 Å². The zero-order chi connectivity index (χ0) is 17.5. The Balaban J connectivity index is 2.08. The van der Waals surface area contributed by atoms with Gasteiger partial charge in [-0.15, -0.1) is 0 Å². The molecule has 1 saturated carbocycles. The molecular weight excluding hydrogens is 346 g/mol. The molecule has 1 aliphatic carbocycles. The van der Waals surface area contributed by atoms with E-state index in [0.29, 0.717) is 10.6 Å². The lowest BCUT2D eigenvalue weighted by molar-refractivity contribution is 0.242. The minimum absolute atomic E-state index is 0.163. The second kappa shape index (κ2) is 5.89. The molecule has 2 aromatic rings. The number of sulfone groups is 1. The Kier molecular flexibility index (Phi) is 4.16. The van der Waals surface area contributed by atoms with Crippen LogP contribution in [0.4, 0.5) is 0 Å². The zero-order valence-corrected chi connectivity index (χ0v) is 14.6. The van der Waals surface area contributed by atoms with E-state index in [9.17, 15) is 18.8 Å². The molecule has 1 fully saturated rings. The topological polar surface area (TPSA) is 78.2 Å². The van der Waals surface area contributed by atoms with E-state index in [0.717, 1.165) is 5.56 Å². The van der Waals surface area contributed by atoms with Crippen molar-refractivity contribution in [2.75, 3.05) is 6.61 Å². The van der Waals surface area contributed by atoms with Crippen molar-refractivity contribution in [1.29, 1.82) is 5.26 Å². The van der Waals surface area contributed by atoms with Gasteiger partial charge in [-0.1, -0.05) is 41.4 Å². The van der Waals surface area contributed by atoms with Crippen molar-refractivity contribution in [3.05, 3.63) is 64.7 Å². The van der Waals surface area contributed by atoms with Gasteiger partial charge < -0.3 is 5.11 Å². The normalized spacial score (nSPS) is 25.9. The molecular formula is C18H16ClNO3S. The second-order valence-electron chi connectivity index (χ2n) is 6.12. The van der Waals surface area contributed by atoms with Crippen LogP contribution in [0.3, 0.4) is 0 Å². The molecule has 2 aromatic carbocycles. The number of aryl methyl sites for hydroxylation is 1. The summed E-state index contributed by atoms with van der Waals surface area (Å²) >= 11 is 6.00. The minimum Gasteiger partial charge on any atom is -0.395 e.